The first kappa shape index (κ1) is 42.6. The van der Waals surface area contributed by atoms with Crippen LogP contribution >= 0.6 is 0 Å². The minimum atomic E-state index is -2.03. The normalized spacial score (nSPS) is 26.7. The molecule has 286 valence electrons. The van der Waals surface area contributed by atoms with Crippen LogP contribution in [0.1, 0.15) is 33.4 Å². The first-order valence-corrected chi connectivity index (χ1v) is 22.8. The molecule has 6 radical (unpaired) electrons. The fourth-order valence-electron chi connectivity index (χ4n) is 7.70. The van der Waals surface area contributed by atoms with Gasteiger partial charge in [-0.3, -0.25) is 0 Å². The summed E-state index contributed by atoms with van der Waals surface area (Å²) < 4.78 is 13.8. The van der Waals surface area contributed by atoms with Crippen LogP contribution in [-0.2, 0) is 26.2 Å². The quantitative estimate of drug-likeness (QED) is 0.196. The van der Waals surface area contributed by atoms with Crippen LogP contribution in [0.4, 0.5) is 0 Å². The van der Waals surface area contributed by atoms with E-state index in [4.69, 9.17) is 5.37 Å². The first-order chi connectivity index (χ1) is 25.1. The molecule has 12 nitrogen and oxygen atoms in total. The third kappa shape index (κ3) is 13.9. The summed E-state index contributed by atoms with van der Waals surface area (Å²) in [5.41, 5.74) is 7.51. The van der Waals surface area contributed by atoms with E-state index in [9.17, 15) is 0 Å². The van der Waals surface area contributed by atoms with E-state index in [1.165, 1.54) is 33.4 Å². The monoisotopic (exact) mass is 1110 g/mol. The molecule has 52 heavy (non-hydrogen) atoms. The Hall–Kier alpha value is -0.516. The van der Waals surface area contributed by atoms with Gasteiger partial charge in [0.05, 0.1) is 0 Å². The molecule has 6 rings (SSSR count). The molecule has 2 saturated heterocycles. The summed E-state index contributed by atoms with van der Waals surface area (Å²) in [6.45, 7) is 28.5. The van der Waals surface area contributed by atoms with Gasteiger partial charge in [0.1, 0.15) is 0 Å². The van der Waals surface area contributed by atoms with E-state index in [-0.39, 0.29) is 27.3 Å². The van der Waals surface area contributed by atoms with Crippen molar-refractivity contribution in [2.75, 3.05) is 131 Å². The molecule has 4 atom stereocenters. The van der Waals surface area contributed by atoms with Crippen LogP contribution in [0.25, 0.3) is 0 Å². The van der Waals surface area contributed by atoms with Crippen LogP contribution in [0.3, 0.4) is 0 Å². The van der Waals surface area contributed by atoms with E-state index in [1.807, 2.05) is 0 Å². The zero-order valence-electron chi connectivity index (χ0n) is 31.9. The van der Waals surface area contributed by atoms with Crippen molar-refractivity contribution in [1.29, 1.82) is 0 Å². The van der Waals surface area contributed by atoms with Crippen molar-refractivity contribution in [3.63, 3.8) is 0 Å². The number of hydrogen-bond donors (Lipinski definition) is 6. The Balaban J connectivity index is 0.00000523. The standard InChI is InChI=1S/C38H66N10O2.2Pb/c1-31-23-33-27-41-7-15-45-11-3-39-5-13-47(21-19-45)17-9-43-29-35-25-32(2)26-36(38(35)50)30-44-10-18-48-14-6-40-4-12-46(20-22-48)16-8-42-28-34(24-31)37(33)49;;/h23-26,39-44,49-50H,3-22,27-30H2,1-2H3;;/q;;+2/p-2. The van der Waals surface area contributed by atoms with Crippen LogP contribution in [0.2, 0.25) is 0 Å². The third-order valence-electron chi connectivity index (χ3n) is 10.6. The predicted octanol–water partition coefficient (Wildman–Crippen LogP) is -0.285. The molecule has 6 bridgehead atoms. The molecule has 2 aromatic rings. The molecule has 4 aliphatic heterocycles. The van der Waals surface area contributed by atoms with Crippen LogP contribution in [0, 0.1) is 13.8 Å². The fraction of sp³-hybridized carbons (Fsp3) is 0.684. The van der Waals surface area contributed by atoms with Gasteiger partial charge in [-0.1, -0.05) is 0 Å². The van der Waals surface area contributed by atoms with Gasteiger partial charge in [-0.25, -0.2) is 0 Å². The maximum absolute atomic E-state index is 6.89. The number of aryl methyl sites for hydroxylation is 2. The Morgan fingerprint density at radius 1 is 0.404 bits per heavy atom. The average molecular weight is 1110 g/mol. The molecule has 4 heterocycles. The Morgan fingerprint density at radius 2 is 0.654 bits per heavy atom. The van der Waals surface area contributed by atoms with Crippen LogP contribution in [-0.4, -0.2) is 203 Å². The molecule has 14 heteroatoms. The average Bonchev–Trinajstić information content (AvgIpc) is 3.30. The molecule has 4 aliphatic rings. The van der Waals surface area contributed by atoms with E-state index in [0.717, 1.165) is 169 Å². The van der Waals surface area contributed by atoms with Gasteiger partial charge in [0.2, 0.25) is 0 Å². The van der Waals surface area contributed by atoms with E-state index in [1.54, 1.807) is 0 Å². The van der Waals surface area contributed by atoms with Crippen LogP contribution in [0.15, 0.2) is 24.3 Å². The zero-order valence-corrected chi connectivity index (χ0v) is 39.7. The van der Waals surface area contributed by atoms with E-state index in [2.05, 4.69) is 89.6 Å². The SMILES string of the molecule is Cc1cc2c3c(c1)CNCCN1CCNCCN(CCNCc4cc(C)cc(c4[O][Pb][O]3)CNCCN3CCNCCN(CCNC2)CC3)CC1.[Pb]. The van der Waals surface area contributed by atoms with Crippen molar-refractivity contribution in [3.8, 4) is 11.5 Å². The number of benzene rings is 2. The smallest absolute Gasteiger partial charge is 0 e. The van der Waals surface area contributed by atoms with Gasteiger partial charge in [-0.05, 0) is 0 Å². The molecule has 2 aromatic carbocycles. The van der Waals surface area contributed by atoms with Crippen molar-refractivity contribution in [2.24, 2.45) is 0 Å². The van der Waals surface area contributed by atoms with Gasteiger partial charge in [0, 0.05) is 27.3 Å². The summed E-state index contributed by atoms with van der Waals surface area (Å²) in [6, 6.07) is 9.25. The molecule has 0 aliphatic carbocycles. The minimum absolute atomic E-state index is 0. The van der Waals surface area contributed by atoms with Gasteiger partial charge < -0.3 is 0 Å². The van der Waals surface area contributed by atoms with Crippen LogP contribution in [0.5, 0.6) is 11.5 Å². The minimum Gasteiger partial charge on any atom is 0 e. The fourth-order valence-corrected chi connectivity index (χ4v) is 10.5. The van der Waals surface area contributed by atoms with Crippen molar-refractivity contribution in [1.82, 2.24) is 51.5 Å². The zero-order chi connectivity index (χ0) is 35.1. The molecular formula is C38H64N10O2Pb2. The summed E-state index contributed by atoms with van der Waals surface area (Å²) in [7, 11) is 0. The molecular weight excluding hydrogens is 1040 g/mol. The molecule has 0 saturated carbocycles. The van der Waals surface area contributed by atoms with Crippen LogP contribution < -0.4 is 37.3 Å². The van der Waals surface area contributed by atoms with Gasteiger partial charge in [-0.15, -0.1) is 0 Å². The van der Waals surface area contributed by atoms with Crippen molar-refractivity contribution < 1.29 is 5.37 Å². The van der Waals surface area contributed by atoms with Gasteiger partial charge >= 0.3 is 322 Å². The summed E-state index contributed by atoms with van der Waals surface area (Å²) in [4.78, 5) is 10.5. The summed E-state index contributed by atoms with van der Waals surface area (Å²) in [6.07, 6.45) is 0. The molecule has 0 spiro atoms. The topological polar surface area (TPSA) is 104 Å². The van der Waals surface area contributed by atoms with Gasteiger partial charge in [0.15, 0.2) is 0 Å². The second-order valence-electron chi connectivity index (χ2n) is 14.7. The summed E-state index contributed by atoms with van der Waals surface area (Å²) in [5.74, 6) is 2.05. The Morgan fingerprint density at radius 3 is 0.923 bits per heavy atom. The first-order valence-electron chi connectivity index (χ1n) is 19.6. The second-order valence-corrected chi connectivity index (χ2v) is 16.9. The van der Waals surface area contributed by atoms with Crippen molar-refractivity contribution in [2.45, 2.75) is 40.0 Å². The largest absolute Gasteiger partial charge is 0 e. The van der Waals surface area contributed by atoms with E-state index >= 15 is 0 Å². The predicted molar refractivity (Wildman–Crippen MR) is 213 cm³/mol. The number of nitrogens with zero attached hydrogens (tertiary/aromatic N) is 4. The van der Waals surface area contributed by atoms with E-state index in [0.29, 0.717) is 0 Å². The molecule has 4 unspecified atom stereocenters. The second kappa shape index (κ2) is 23.5. The van der Waals surface area contributed by atoms with Gasteiger partial charge in [-0.2, -0.15) is 0 Å². The van der Waals surface area contributed by atoms with E-state index < -0.39 is 25.1 Å². The summed E-state index contributed by atoms with van der Waals surface area (Å²) in [5, 5.41) is 22.5. The maximum Gasteiger partial charge on any atom is 0 e. The Bertz CT molecular complexity index is 1170. The molecule has 0 amide bonds. The van der Waals surface area contributed by atoms with Crippen molar-refractivity contribution >= 4 is 52.4 Å². The number of rotatable bonds is 0. The Kier molecular flexibility index (Phi) is 19.3. The molecule has 0 aromatic heterocycles. The van der Waals surface area contributed by atoms with Crippen molar-refractivity contribution in [3.05, 3.63) is 57.6 Å². The number of fused-ring (bicyclic) bond motifs is 8. The van der Waals surface area contributed by atoms with Gasteiger partial charge in [0.25, 0.3) is 0 Å². The third-order valence-corrected chi connectivity index (χ3v) is 12.9. The molecule has 2 fully saturated rings. The maximum atomic E-state index is 6.89. The Labute approximate surface area is 346 Å². The molecule has 6 N–H and O–H groups in total. The number of hydrogen-bond acceptors (Lipinski definition) is 12. The summed E-state index contributed by atoms with van der Waals surface area (Å²) >= 11 is -2.03. The number of nitrogens with one attached hydrogen (secondary N) is 6.